The van der Waals surface area contributed by atoms with E-state index in [0.29, 0.717) is 17.1 Å². The number of nitrogens with one attached hydrogen (secondary N) is 2. The van der Waals surface area contributed by atoms with Gasteiger partial charge in [-0.2, -0.15) is 0 Å². The Morgan fingerprint density at radius 1 is 1.26 bits per heavy atom. The Kier molecular flexibility index (Phi) is 4.21. The molecule has 1 unspecified atom stereocenters. The second-order valence-electron chi connectivity index (χ2n) is 5.68. The van der Waals surface area contributed by atoms with Crippen molar-refractivity contribution in [1.29, 1.82) is 0 Å². The Balaban J connectivity index is 2.12. The van der Waals surface area contributed by atoms with Gasteiger partial charge in [-0.15, -0.1) is 11.8 Å². The second-order valence-corrected chi connectivity index (χ2v) is 6.77. The van der Waals surface area contributed by atoms with Crippen molar-refractivity contribution in [2.45, 2.75) is 25.1 Å². The monoisotopic (exact) mass is 333 g/mol. The maximum Gasteiger partial charge on any atom is 0.270 e. The summed E-state index contributed by atoms with van der Waals surface area (Å²) in [7, 11) is 1.61. The average Bonchev–Trinajstić information content (AvgIpc) is 2.75. The van der Waals surface area contributed by atoms with E-state index in [2.05, 4.69) is 10.4 Å². The first-order valence-electron chi connectivity index (χ1n) is 7.41. The van der Waals surface area contributed by atoms with Crippen LogP contribution in [0.1, 0.15) is 36.3 Å². The van der Waals surface area contributed by atoms with Gasteiger partial charge in [0.15, 0.2) is 0 Å². The van der Waals surface area contributed by atoms with Crippen LogP contribution in [-0.2, 0) is 4.79 Å². The molecule has 0 saturated heterocycles. The highest BCUT2D eigenvalue weighted by atomic mass is 32.2. The van der Waals surface area contributed by atoms with Crippen molar-refractivity contribution in [2.24, 2.45) is 0 Å². The van der Waals surface area contributed by atoms with Crippen LogP contribution in [0.15, 0.2) is 29.1 Å². The Morgan fingerprint density at radius 2 is 1.96 bits per heavy atom. The molecule has 2 aromatic rings. The van der Waals surface area contributed by atoms with Gasteiger partial charge in [-0.05, 0) is 31.5 Å². The summed E-state index contributed by atoms with van der Waals surface area (Å²) < 4.78 is 6.90. The van der Waals surface area contributed by atoms with E-state index in [0.717, 1.165) is 11.3 Å². The van der Waals surface area contributed by atoms with Gasteiger partial charge in [-0.1, -0.05) is 12.1 Å². The number of aromatic nitrogens is 2. The van der Waals surface area contributed by atoms with Crippen LogP contribution >= 0.6 is 11.8 Å². The number of nitrogens with zero attached hydrogens (tertiary/aromatic N) is 1. The van der Waals surface area contributed by atoms with Crippen LogP contribution < -0.4 is 15.6 Å². The summed E-state index contributed by atoms with van der Waals surface area (Å²) in [4.78, 5) is 24.5. The van der Waals surface area contributed by atoms with Gasteiger partial charge in [-0.25, -0.2) is 0 Å². The summed E-state index contributed by atoms with van der Waals surface area (Å²) >= 11 is 1.45. The van der Waals surface area contributed by atoms with E-state index in [-0.39, 0.29) is 22.8 Å². The minimum absolute atomic E-state index is 0.0476. The molecule has 0 aliphatic carbocycles. The van der Waals surface area contributed by atoms with Crippen molar-refractivity contribution in [2.75, 3.05) is 18.2 Å². The van der Waals surface area contributed by atoms with Crippen LogP contribution in [0.4, 0.5) is 5.82 Å². The number of benzene rings is 1. The van der Waals surface area contributed by atoms with Crippen LogP contribution in [0.3, 0.4) is 0 Å². The molecule has 0 fully saturated rings. The zero-order valence-corrected chi connectivity index (χ0v) is 14.1. The Hall–Kier alpha value is -2.15. The number of H-pyrrole nitrogens is 1. The number of ether oxygens (including phenoxy) is 1. The number of thioether (sulfide) groups is 1. The van der Waals surface area contributed by atoms with E-state index in [1.165, 1.54) is 11.8 Å². The number of aromatic amines is 1. The van der Waals surface area contributed by atoms with Gasteiger partial charge >= 0.3 is 0 Å². The fourth-order valence-electron chi connectivity index (χ4n) is 2.67. The van der Waals surface area contributed by atoms with Gasteiger partial charge < -0.3 is 10.1 Å². The molecular weight excluding hydrogens is 314 g/mol. The summed E-state index contributed by atoms with van der Waals surface area (Å²) in [5, 5.41) is 5.50. The first kappa shape index (κ1) is 15.7. The average molecular weight is 333 g/mol. The molecule has 7 heteroatoms. The van der Waals surface area contributed by atoms with Crippen LogP contribution in [0, 0.1) is 0 Å². The van der Waals surface area contributed by atoms with Crippen LogP contribution in [-0.4, -0.2) is 28.6 Å². The summed E-state index contributed by atoms with van der Waals surface area (Å²) in [5.41, 5.74) is 1.41. The minimum atomic E-state index is -0.196. The Labute approximate surface area is 138 Å². The highest BCUT2D eigenvalue weighted by Gasteiger charge is 2.30. The van der Waals surface area contributed by atoms with E-state index in [1.807, 2.05) is 38.1 Å². The molecule has 2 N–H and O–H groups in total. The fraction of sp³-hybridized carbons (Fsp3) is 0.375. The number of methoxy groups -OCH3 is 1. The summed E-state index contributed by atoms with van der Waals surface area (Å²) in [5.74, 6) is 1.54. The molecule has 1 aliphatic rings. The molecule has 0 saturated carbocycles. The van der Waals surface area contributed by atoms with Crippen molar-refractivity contribution in [3.8, 4) is 5.75 Å². The topological polar surface area (TPSA) is 76.1 Å². The summed E-state index contributed by atoms with van der Waals surface area (Å²) in [6, 6.07) is 7.64. The molecule has 1 aliphatic heterocycles. The molecule has 3 rings (SSSR count). The smallest absolute Gasteiger partial charge is 0.270 e. The maximum absolute atomic E-state index is 12.5. The van der Waals surface area contributed by atoms with Crippen LogP contribution in [0.2, 0.25) is 0 Å². The minimum Gasteiger partial charge on any atom is -0.497 e. The van der Waals surface area contributed by atoms with E-state index < -0.39 is 0 Å². The highest BCUT2D eigenvalue weighted by molar-refractivity contribution is 8.00. The fourth-order valence-corrected chi connectivity index (χ4v) is 3.80. The standard InChI is InChI=1S/C16H19N3O3S/c1-9(2)19-15-13(16(21)18-19)14(23-8-12(20)17-15)10-4-6-11(22-3)7-5-10/h4-7,9,14H,8H2,1-3H3,(H,17,20)(H,18,21). The third-order valence-corrected chi connectivity index (χ3v) is 5.07. The van der Waals surface area contributed by atoms with Crippen molar-refractivity contribution in [3.05, 3.63) is 45.7 Å². The molecule has 1 atom stereocenters. The SMILES string of the molecule is COc1ccc(C2SCC(=O)Nc3c2c(=O)[nH]n3C(C)C)cc1. The molecule has 1 amide bonds. The predicted molar refractivity (Wildman–Crippen MR) is 91.4 cm³/mol. The first-order chi connectivity index (χ1) is 11.0. The molecule has 0 spiro atoms. The number of rotatable bonds is 3. The van der Waals surface area contributed by atoms with Crippen LogP contribution in [0.5, 0.6) is 5.75 Å². The number of hydrogen-bond acceptors (Lipinski definition) is 4. The number of anilines is 1. The molecule has 23 heavy (non-hydrogen) atoms. The quantitative estimate of drug-likeness (QED) is 0.905. The molecule has 0 bridgehead atoms. The van der Waals surface area contributed by atoms with E-state index in [4.69, 9.17) is 4.74 Å². The number of amides is 1. The van der Waals surface area contributed by atoms with Crippen molar-refractivity contribution in [1.82, 2.24) is 9.78 Å². The highest BCUT2D eigenvalue weighted by Crippen LogP contribution is 2.40. The molecule has 6 nitrogen and oxygen atoms in total. The molecule has 2 heterocycles. The number of fused-ring (bicyclic) bond motifs is 1. The Morgan fingerprint density at radius 3 is 2.57 bits per heavy atom. The summed E-state index contributed by atoms with van der Waals surface area (Å²) in [6.45, 7) is 3.92. The number of carbonyl (C=O) groups is 1. The van der Waals surface area contributed by atoms with Gasteiger partial charge in [0.25, 0.3) is 5.56 Å². The second kappa shape index (κ2) is 6.16. The molecule has 1 aromatic heterocycles. The van der Waals surface area contributed by atoms with Gasteiger partial charge in [0.05, 0.1) is 23.7 Å². The summed E-state index contributed by atoms with van der Waals surface area (Å²) in [6.07, 6.45) is 0. The lowest BCUT2D eigenvalue weighted by molar-refractivity contribution is -0.113. The van der Waals surface area contributed by atoms with Gasteiger partial charge in [0.2, 0.25) is 5.91 Å². The van der Waals surface area contributed by atoms with Crippen LogP contribution in [0.25, 0.3) is 0 Å². The zero-order valence-electron chi connectivity index (χ0n) is 13.3. The first-order valence-corrected chi connectivity index (χ1v) is 8.46. The molecular formula is C16H19N3O3S. The third kappa shape index (κ3) is 2.88. The van der Waals surface area contributed by atoms with E-state index >= 15 is 0 Å². The maximum atomic E-state index is 12.5. The number of hydrogen-bond donors (Lipinski definition) is 2. The predicted octanol–water partition coefficient (Wildman–Crippen LogP) is 2.54. The van der Waals surface area contributed by atoms with Gasteiger partial charge in [0.1, 0.15) is 11.6 Å². The van der Waals surface area contributed by atoms with Crippen molar-refractivity contribution < 1.29 is 9.53 Å². The largest absolute Gasteiger partial charge is 0.497 e. The number of carbonyl (C=O) groups excluding carboxylic acids is 1. The van der Waals surface area contributed by atoms with E-state index in [9.17, 15) is 9.59 Å². The van der Waals surface area contributed by atoms with Crippen molar-refractivity contribution in [3.63, 3.8) is 0 Å². The molecule has 122 valence electrons. The van der Waals surface area contributed by atoms with E-state index in [1.54, 1.807) is 11.8 Å². The zero-order chi connectivity index (χ0) is 16.6. The molecule has 0 radical (unpaired) electrons. The molecule has 1 aromatic carbocycles. The van der Waals surface area contributed by atoms with Gasteiger partial charge in [-0.3, -0.25) is 19.4 Å². The lowest BCUT2D eigenvalue weighted by Gasteiger charge is -2.15. The lowest BCUT2D eigenvalue weighted by Crippen LogP contribution is -2.17. The van der Waals surface area contributed by atoms with Gasteiger partial charge in [0, 0.05) is 6.04 Å². The lowest BCUT2D eigenvalue weighted by atomic mass is 10.1. The third-order valence-electron chi connectivity index (χ3n) is 3.80. The Bertz CT molecular complexity index is 777. The normalized spacial score (nSPS) is 17.6. The van der Waals surface area contributed by atoms with Crippen molar-refractivity contribution >= 4 is 23.5 Å².